The van der Waals surface area contributed by atoms with Crippen LogP contribution in [0.3, 0.4) is 0 Å². The van der Waals surface area contributed by atoms with E-state index in [4.69, 9.17) is 0 Å². The molecule has 0 radical (unpaired) electrons. The third-order valence-corrected chi connectivity index (χ3v) is 5.01. The second kappa shape index (κ2) is 8.11. The molecular formula is C20H18O10. The second-order valence-corrected chi connectivity index (χ2v) is 6.66. The van der Waals surface area contributed by atoms with Crippen LogP contribution >= 0.6 is 0 Å². The molecule has 0 heterocycles. The first kappa shape index (κ1) is 22.2. The quantitative estimate of drug-likeness (QED) is 0.347. The molecule has 0 saturated carbocycles. The van der Waals surface area contributed by atoms with E-state index in [-0.39, 0.29) is 22.6 Å². The van der Waals surface area contributed by atoms with Crippen molar-refractivity contribution in [1.82, 2.24) is 0 Å². The second-order valence-electron chi connectivity index (χ2n) is 6.66. The highest BCUT2D eigenvalue weighted by Gasteiger charge is 2.65. The summed E-state index contributed by atoms with van der Waals surface area (Å²) in [5.74, 6) is -7.71. The molecule has 30 heavy (non-hydrogen) atoms. The standard InChI is InChI=1S/C20H18O10/c21-13-5-1-11(2-6-13)19(17(27)28,9-15(23)24)20(18(29)30,10-16(25)26)12-3-7-14(22)8-4-12/h1-8,21-22H,9-10H2,(H,23,24)(H,25,26)(H,27,28)(H,29,30). The molecular weight excluding hydrogens is 400 g/mol. The van der Waals surface area contributed by atoms with Gasteiger partial charge in [-0.1, -0.05) is 24.3 Å². The predicted molar refractivity (Wildman–Crippen MR) is 99.3 cm³/mol. The van der Waals surface area contributed by atoms with Gasteiger partial charge in [-0.15, -0.1) is 0 Å². The van der Waals surface area contributed by atoms with Crippen molar-refractivity contribution in [2.24, 2.45) is 0 Å². The monoisotopic (exact) mass is 418 g/mol. The van der Waals surface area contributed by atoms with Crippen molar-refractivity contribution < 1.29 is 49.8 Å². The molecule has 2 aromatic rings. The minimum absolute atomic E-state index is 0.294. The van der Waals surface area contributed by atoms with Gasteiger partial charge in [-0.05, 0) is 35.4 Å². The fourth-order valence-electron chi connectivity index (χ4n) is 3.71. The first-order chi connectivity index (χ1) is 14.0. The fraction of sp³-hybridized carbons (Fsp3) is 0.200. The highest BCUT2D eigenvalue weighted by Crippen LogP contribution is 2.50. The Bertz CT molecular complexity index is 898. The zero-order chi connectivity index (χ0) is 22.7. The maximum absolute atomic E-state index is 12.6. The number of benzene rings is 2. The van der Waals surface area contributed by atoms with Crippen LogP contribution in [0.1, 0.15) is 24.0 Å². The summed E-state index contributed by atoms with van der Waals surface area (Å²) < 4.78 is 0. The number of carboxylic acids is 4. The van der Waals surface area contributed by atoms with Crippen molar-refractivity contribution in [3.8, 4) is 11.5 Å². The lowest BCUT2D eigenvalue weighted by molar-refractivity contribution is -0.166. The van der Waals surface area contributed by atoms with E-state index in [0.717, 1.165) is 48.5 Å². The van der Waals surface area contributed by atoms with Crippen molar-refractivity contribution in [1.29, 1.82) is 0 Å². The van der Waals surface area contributed by atoms with Gasteiger partial charge in [-0.3, -0.25) is 19.2 Å². The Kier molecular flexibility index (Phi) is 6.01. The molecule has 0 aliphatic rings. The molecule has 2 rings (SSSR count). The zero-order valence-corrected chi connectivity index (χ0v) is 15.3. The summed E-state index contributed by atoms with van der Waals surface area (Å²) in [7, 11) is 0. The Hall–Kier alpha value is -4.08. The lowest BCUT2D eigenvalue weighted by Gasteiger charge is -2.44. The van der Waals surface area contributed by atoms with Crippen molar-refractivity contribution in [2.45, 2.75) is 23.7 Å². The number of hydrogen-bond donors (Lipinski definition) is 6. The lowest BCUT2D eigenvalue weighted by atomic mass is 9.53. The fourth-order valence-corrected chi connectivity index (χ4v) is 3.71. The maximum Gasteiger partial charge on any atom is 0.316 e. The first-order valence-electron chi connectivity index (χ1n) is 8.47. The molecule has 2 aromatic carbocycles. The number of carbonyl (C=O) groups is 4. The summed E-state index contributed by atoms with van der Waals surface area (Å²) in [5.41, 5.74) is -6.22. The van der Waals surface area contributed by atoms with E-state index in [1.807, 2.05) is 0 Å². The molecule has 158 valence electrons. The van der Waals surface area contributed by atoms with Gasteiger partial charge in [0.1, 0.15) is 22.3 Å². The summed E-state index contributed by atoms with van der Waals surface area (Å²) in [6, 6.07) is 8.30. The predicted octanol–water partition coefficient (Wildman–Crippen LogP) is 1.39. The molecule has 6 N–H and O–H groups in total. The normalized spacial score (nSPS) is 14.8. The molecule has 0 saturated heterocycles. The van der Waals surface area contributed by atoms with Crippen LogP contribution in [0.15, 0.2) is 48.5 Å². The summed E-state index contributed by atoms with van der Waals surface area (Å²) in [6.07, 6.45) is -2.54. The molecule has 0 aliphatic heterocycles. The molecule has 0 fully saturated rings. The lowest BCUT2D eigenvalue weighted by Crippen LogP contribution is -2.60. The van der Waals surface area contributed by atoms with E-state index in [1.165, 1.54) is 0 Å². The Labute approximate surface area is 169 Å². The number of carboxylic acid groups (broad SMARTS) is 4. The summed E-state index contributed by atoms with van der Waals surface area (Å²) in [4.78, 5) is 48.6. The van der Waals surface area contributed by atoms with Gasteiger partial charge in [0, 0.05) is 0 Å². The average Bonchev–Trinajstić information content (AvgIpc) is 2.65. The molecule has 2 atom stereocenters. The maximum atomic E-state index is 12.6. The Morgan fingerprint density at radius 3 is 1.03 bits per heavy atom. The van der Waals surface area contributed by atoms with E-state index in [0.29, 0.717) is 0 Å². The van der Waals surface area contributed by atoms with Gasteiger partial charge in [0.25, 0.3) is 0 Å². The molecule has 0 bridgehead atoms. The summed E-state index contributed by atoms with van der Waals surface area (Å²) in [5, 5.41) is 58.4. The van der Waals surface area contributed by atoms with E-state index < -0.39 is 47.5 Å². The third-order valence-electron chi connectivity index (χ3n) is 5.01. The first-order valence-corrected chi connectivity index (χ1v) is 8.47. The van der Waals surface area contributed by atoms with Crippen molar-refractivity contribution >= 4 is 23.9 Å². The Morgan fingerprint density at radius 1 is 0.567 bits per heavy atom. The minimum atomic E-state index is -2.78. The van der Waals surface area contributed by atoms with Crippen molar-refractivity contribution in [3.63, 3.8) is 0 Å². The number of phenols is 2. The van der Waals surface area contributed by atoms with Gasteiger partial charge < -0.3 is 30.6 Å². The minimum Gasteiger partial charge on any atom is -0.508 e. The summed E-state index contributed by atoms with van der Waals surface area (Å²) >= 11 is 0. The average molecular weight is 418 g/mol. The van der Waals surface area contributed by atoms with Crippen LogP contribution in [-0.4, -0.2) is 54.5 Å². The zero-order valence-electron chi connectivity index (χ0n) is 15.3. The van der Waals surface area contributed by atoms with Crippen LogP contribution in [-0.2, 0) is 30.0 Å². The number of rotatable bonds is 9. The number of aliphatic carboxylic acids is 4. The van der Waals surface area contributed by atoms with E-state index >= 15 is 0 Å². The van der Waals surface area contributed by atoms with Crippen molar-refractivity contribution in [3.05, 3.63) is 59.7 Å². The molecule has 0 aromatic heterocycles. The largest absolute Gasteiger partial charge is 0.508 e. The third kappa shape index (κ3) is 3.62. The highest BCUT2D eigenvalue weighted by molar-refractivity contribution is 6.00. The molecule has 2 unspecified atom stereocenters. The van der Waals surface area contributed by atoms with E-state index in [9.17, 15) is 49.8 Å². The molecule has 0 spiro atoms. The van der Waals surface area contributed by atoms with E-state index in [2.05, 4.69) is 0 Å². The molecule has 10 nitrogen and oxygen atoms in total. The smallest absolute Gasteiger partial charge is 0.316 e. The molecule has 10 heteroatoms. The van der Waals surface area contributed by atoms with Crippen LogP contribution in [0.2, 0.25) is 0 Å². The number of phenolic OH excluding ortho intramolecular Hbond substituents is 2. The van der Waals surface area contributed by atoms with E-state index in [1.54, 1.807) is 0 Å². The Morgan fingerprint density at radius 2 is 0.833 bits per heavy atom. The number of hydrogen-bond acceptors (Lipinski definition) is 6. The SMILES string of the molecule is O=C(O)CC(C(=O)O)(c1ccc(O)cc1)C(CC(=O)O)(C(=O)O)c1ccc(O)cc1. The number of aromatic hydroxyl groups is 2. The van der Waals surface area contributed by atoms with Crippen LogP contribution < -0.4 is 0 Å². The van der Waals surface area contributed by atoms with Gasteiger partial charge in [0.05, 0.1) is 12.8 Å². The van der Waals surface area contributed by atoms with Gasteiger partial charge in [0.2, 0.25) is 0 Å². The molecule has 0 amide bonds. The van der Waals surface area contributed by atoms with Crippen LogP contribution in [0.4, 0.5) is 0 Å². The highest BCUT2D eigenvalue weighted by atomic mass is 16.4. The van der Waals surface area contributed by atoms with Crippen LogP contribution in [0, 0.1) is 0 Å². The van der Waals surface area contributed by atoms with Crippen LogP contribution in [0.5, 0.6) is 11.5 Å². The molecule has 0 aliphatic carbocycles. The van der Waals surface area contributed by atoms with Crippen LogP contribution in [0.25, 0.3) is 0 Å². The van der Waals surface area contributed by atoms with Gasteiger partial charge in [0.15, 0.2) is 0 Å². The topological polar surface area (TPSA) is 190 Å². The summed E-state index contributed by atoms with van der Waals surface area (Å²) in [6.45, 7) is 0. The van der Waals surface area contributed by atoms with Gasteiger partial charge in [-0.25, -0.2) is 0 Å². The van der Waals surface area contributed by atoms with Gasteiger partial charge >= 0.3 is 23.9 Å². The van der Waals surface area contributed by atoms with Gasteiger partial charge in [-0.2, -0.15) is 0 Å². The van der Waals surface area contributed by atoms with Crippen molar-refractivity contribution in [2.75, 3.05) is 0 Å². The Balaban J connectivity index is 3.07.